The molecule has 0 unspecified atom stereocenters. The summed E-state index contributed by atoms with van der Waals surface area (Å²) < 4.78 is 6.23. The van der Waals surface area contributed by atoms with Gasteiger partial charge in [0.1, 0.15) is 6.29 Å². The predicted molar refractivity (Wildman–Crippen MR) is 179 cm³/mol. The molecule has 0 radical (unpaired) electrons. The van der Waals surface area contributed by atoms with Gasteiger partial charge in [0.25, 0.3) is 0 Å². The largest absolute Gasteiger partial charge is 0.436 e. The van der Waals surface area contributed by atoms with Gasteiger partial charge >= 0.3 is 0 Å². The van der Waals surface area contributed by atoms with Crippen molar-refractivity contribution in [3.8, 4) is 22.9 Å². The Morgan fingerprint density at radius 1 is 0.978 bits per heavy atom. The van der Waals surface area contributed by atoms with Gasteiger partial charge in [-0.3, -0.25) is 14.6 Å². The minimum atomic E-state index is -0.0426. The number of pyridine rings is 1. The molecule has 2 aromatic heterocycles. The number of hydrogen-bond acceptors (Lipinski definition) is 9. The maximum atomic E-state index is 11.3. The van der Waals surface area contributed by atoms with E-state index in [9.17, 15) is 9.59 Å². The third-order valence-corrected chi connectivity index (χ3v) is 9.77. The van der Waals surface area contributed by atoms with Crippen LogP contribution in [0.3, 0.4) is 0 Å². The van der Waals surface area contributed by atoms with Crippen LogP contribution >= 0.6 is 23.2 Å². The summed E-state index contributed by atoms with van der Waals surface area (Å²) in [5.41, 5.74) is 2.54. The van der Waals surface area contributed by atoms with E-state index in [1.54, 1.807) is 25.4 Å². The first-order valence-corrected chi connectivity index (χ1v) is 16.9. The molecule has 1 saturated carbocycles. The van der Waals surface area contributed by atoms with Crippen LogP contribution in [0, 0.1) is 11.3 Å². The number of aromatic nitrogens is 3. The van der Waals surface area contributed by atoms with Crippen LogP contribution in [0.5, 0.6) is 11.6 Å². The van der Waals surface area contributed by atoms with Crippen LogP contribution in [0.25, 0.3) is 11.3 Å². The first-order chi connectivity index (χ1) is 22.3. The molecule has 1 aromatic carbocycles. The van der Waals surface area contributed by atoms with E-state index in [0.29, 0.717) is 39.2 Å². The van der Waals surface area contributed by atoms with Crippen molar-refractivity contribution < 1.29 is 14.3 Å². The van der Waals surface area contributed by atoms with Crippen LogP contribution in [-0.2, 0) is 16.1 Å². The fraction of sp³-hybridized carbons (Fsp3) is 0.500. The highest BCUT2D eigenvalue weighted by atomic mass is 35.5. The first-order valence-electron chi connectivity index (χ1n) is 16.1. The van der Waals surface area contributed by atoms with Crippen molar-refractivity contribution in [2.45, 2.75) is 45.6 Å². The number of aldehydes is 1. The minimum Gasteiger partial charge on any atom is -0.436 e. The lowest BCUT2D eigenvalue weighted by Crippen LogP contribution is -2.47. The SMILES string of the molecule is CC(=O)NCC1CCN(Cc2cc(Oc3cnc(N4CCN(CCC5(C=O)CC5)CC4)nc3)nc(-c3cc(Cl)cc(Cl)c3)c2)CC1. The number of carbonyl (C=O) groups is 2. The van der Waals surface area contributed by atoms with E-state index in [0.717, 1.165) is 108 Å². The standard InChI is InChI=1S/C34H41Cl2N7O3/c1-24(45)37-19-25-2-7-42(8-3-25)22-26-14-31(27-16-28(35)18-29(36)17-27)40-32(15-26)46-30-20-38-33(39-21-30)43-12-10-41(11-13-43)9-6-34(23-44)4-5-34/h14-18,20-21,23,25H,2-13,19,22H2,1H3,(H,37,45). The summed E-state index contributed by atoms with van der Waals surface area (Å²) in [5.74, 6) is 2.14. The number of rotatable bonds is 12. The Labute approximate surface area is 280 Å². The predicted octanol–water partition coefficient (Wildman–Crippen LogP) is 5.48. The van der Waals surface area contributed by atoms with E-state index in [1.807, 2.05) is 18.2 Å². The molecule has 4 heterocycles. The summed E-state index contributed by atoms with van der Waals surface area (Å²) in [6, 6.07) is 9.42. The number of nitrogens with zero attached hydrogens (tertiary/aromatic N) is 6. The van der Waals surface area contributed by atoms with Crippen molar-refractivity contribution in [2.24, 2.45) is 11.3 Å². The molecule has 0 atom stereocenters. The van der Waals surface area contributed by atoms with Crippen LogP contribution in [0.15, 0.2) is 42.7 Å². The van der Waals surface area contributed by atoms with E-state index < -0.39 is 0 Å². The van der Waals surface area contributed by atoms with Crippen LogP contribution in [0.1, 0.15) is 44.6 Å². The summed E-state index contributed by atoms with van der Waals surface area (Å²) >= 11 is 12.7. The van der Waals surface area contributed by atoms with Gasteiger partial charge in [-0.05, 0) is 87.5 Å². The molecule has 12 heteroatoms. The van der Waals surface area contributed by atoms with Crippen molar-refractivity contribution >= 4 is 41.3 Å². The molecule has 0 bridgehead atoms. The van der Waals surface area contributed by atoms with Crippen molar-refractivity contribution in [3.05, 3.63) is 58.3 Å². The molecular formula is C34H41Cl2N7O3. The maximum Gasteiger partial charge on any atom is 0.225 e. The number of anilines is 1. The van der Waals surface area contributed by atoms with Gasteiger partial charge in [-0.2, -0.15) is 0 Å². The lowest BCUT2D eigenvalue weighted by Gasteiger charge is -2.35. The van der Waals surface area contributed by atoms with Gasteiger partial charge in [0, 0.05) is 73.3 Å². The Kier molecular flexibility index (Phi) is 10.4. The van der Waals surface area contributed by atoms with Gasteiger partial charge in [-0.15, -0.1) is 0 Å². The monoisotopic (exact) mass is 665 g/mol. The molecular weight excluding hydrogens is 625 g/mol. The molecule has 2 saturated heterocycles. The van der Waals surface area contributed by atoms with Crippen LogP contribution in [0.4, 0.5) is 5.95 Å². The number of piperazine rings is 1. The number of halogens is 2. The second-order valence-electron chi connectivity index (χ2n) is 12.9. The zero-order valence-electron chi connectivity index (χ0n) is 26.3. The van der Waals surface area contributed by atoms with E-state index >= 15 is 0 Å². The number of carbonyl (C=O) groups excluding carboxylic acids is 2. The average molecular weight is 667 g/mol. The molecule has 1 amide bonds. The molecule has 1 N–H and O–H groups in total. The number of amides is 1. The normalized spacial score (nSPS) is 18.7. The van der Waals surface area contributed by atoms with E-state index in [-0.39, 0.29) is 11.3 Å². The van der Waals surface area contributed by atoms with E-state index in [1.165, 1.54) is 0 Å². The van der Waals surface area contributed by atoms with Gasteiger partial charge < -0.3 is 19.7 Å². The van der Waals surface area contributed by atoms with Crippen LogP contribution < -0.4 is 15.0 Å². The molecule has 244 valence electrons. The van der Waals surface area contributed by atoms with Crippen molar-refractivity contribution in [1.29, 1.82) is 0 Å². The summed E-state index contributed by atoms with van der Waals surface area (Å²) in [4.78, 5) is 43.7. The smallest absolute Gasteiger partial charge is 0.225 e. The van der Waals surface area contributed by atoms with E-state index in [4.69, 9.17) is 32.9 Å². The van der Waals surface area contributed by atoms with Gasteiger partial charge in [0.2, 0.25) is 17.7 Å². The number of benzene rings is 1. The molecule has 0 spiro atoms. The van der Waals surface area contributed by atoms with Gasteiger partial charge in [0.15, 0.2) is 5.75 Å². The fourth-order valence-electron chi connectivity index (χ4n) is 6.23. The highest BCUT2D eigenvalue weighted by molar-refractivity contribution is 6.35. The second-order valence-corrected chi connectivity index (χ2v) is 13.8. The average Bonchev–Trinajstić information content (AvgIpc) is 3.84. The maximum absolute atomic E-state index is 11.3. The van der Waals surface area contributed by atoms with Crippen LogP contribution in [0.2, 0.25) is 10.0 Å². The Balaban J connectivity index is 1.11. The number of likely N-dealkylation sites (tertiary alicyclic amines) is 1. The number of piperidine rings is 1. The summed E-state index contributed by atoms with van der Waals surface area (Å²) in [5, 5.41) is 4.03. The number of nitrogens with one attached hydrogen (secondary N) is 1. The van der Waals surface area contributed by atoms with Crippen molar-refractivity contribution in [3.63, 3.8) is 0 Å². The second kappa shape index (κ2) is 14.6. The number of ether oxygens (including phenoxy) is 1. The van der Waals surface area contributed by atoms with E-state index in [2.05, 4.69) is 36.1 Å². The molecule has 3 fully saturated rings. The Hall–Kier alpha value is -3.31. The highest BCUT2D eigenvalue weighted by Crippen LogP contribution is 2.46. The van der Waals surface area contributed by atoms with Gasteiger partial charge in [-0.25, -0.2) is 15.0 Å². The van der Waals surface area contributed by atoms with Crippen molar-refractivity contribution in [2.75, 3.05) is 57.3 Å². The third-order valence-electron chi connectivity index (χ3n) is 9.33. The Morgan fingerprint density at radius 2 is 1.67 bits per heavy atom. The number of hydrogen-bond donors (Lipinski definition) is 1. The molecule has 1 aliphatic carbocycles. The van der Waals surface area contributed by atoms with Crippen molar-refractivity contribution in [1.82, 2.24) is 30.1 Å². The quantitative estimate of drug-likeness (QED) is 0.252. The highest BCUT2D eigenvalue weighted by Gasteiger charge is 2.42. The fourth-order valence-corrected chi connectivity index (χ4v) is 6.76. The Morgan fingerprint density at radius 3 is 2.30 bits per heavy atom. The molecule has 46 heavy (non-hydrogen) atoms. The lowest BCUT2D eigenvalue weighted by atomic mass is 9.96. The molecule has 3 aliphatic rings. The zero-order chi connectivity index (χ0) is 32.1. The third kappa shape index (κ3) is 8.73. The zero-order valence-corrected chi connectivity index (χ0v) is 27.8. The topological polar surface area (TPSA) is 104 Å². The summed E-state index contributed by atoms with van der Waals surface area (Å²) in [6.45, 7) is 9.44. The molecule has 10 nitrogen and oxygen atoms in total. The Bertz CT molecular complexity index is 1500. The summed E-state index contributed by atoms with van der Waals surface area (Å²) in [6.07, 6.45) is 9.64. The summed E-state index contributed by atoms with van der Waals surface area (Å²) in [7, 11) is 0. The van der Waals surface area contributed by atoms with Gasteiger partial charge in [-0.1, -0.05) is 23.2 Å². The minimum absolute atomic E-state index is 0.0213. The first kappa shape index (κ1) is 32.6. The lowest BCUT2D eigenvalue weighted by molar-refractivity contribution is -0.119. The molecule has 6 rings (SSSR count). The van der Waals surface area contributed by atoms with Crippen LogP contribution in [-0.4, -0.2) is 89.3 Å². The molecule has 2 aliphatic heterocycles. The van der Waals surface area contributed by atoms with Gasteiger partial charge in [0.05, 0.1) is 18.1 Å². The molecule has 3 aromatic rings.